The Bertz CT molecular complexity index is 737. The Morgan fingerprint density at radius 1 is 1.00 bits per heavy atom. The summed E-state index contributed by atoms with van der Waals surface area (Å²) < 4.78 is 36.5. The molecule has 1 aliphatic rings. The summed E-state index contributed by atoms with van der Waals surface area (Å²) in [5, 5.41) is 8.82. The number of halogens is 2. The molecule has 0 saturated carbocycles. The third-order valence-corrected chi connectivity index (χ3v) is 3.67. The first-order valence-electron chi connectivity index (χ1n) is 8.01. The fourth-order valence-corrected chi connectivity index (χ4v) is 2.32. The molecule has 0 bridgehead atoms. The lowest BCUT2D eigenvalue weighted by atomic mass is 10.2. The van der Waals surface area contributed by atoms with E-state index in [1.54, 1.807) is 6.07 Å². The molecule has 1 atom stereocenters. The van der Waals surface area contributed by atoms with Crippen molar-refractivity contribution in [2.45, 2.75) is 25.6 Å². The average molecular weight is 364 g/mol. The van der Waals surface area contributed by atoms with Gasteiger partial charge in [-0.05, 0) is 37.1 Å². The van der Waals surface area contributed by atoms with Gasteiger partial charge in [-0.1, -0.05) is 12.1 Å². The summed E-state index contributed by atoms with van der Waals surface area (Å²) in [4.78, 5) is 20.8. The first-order chi connectivity index (χ1) is 12.6. The minimum Gasteiger partial charge on any atom is -0.507 e. The second kappa shape index (κ2) is 9.62. The summed E-state index contributed by atoms with van der Waals surface area (Å²) in [5.74, 6) is -1.34. The molecule has 0 amide bonds. The van der Waals surface area contributed by atoms with Crippen LogP contribution in [0, 0.1) is 11.6 Å². The Hall–Kier alpha value is -2.80. The molecule has 26 heavy (non-hydrogen) atoms. The summed E-state index contributed by atoms with van der Waals surface area (Å²) >= 11 is 0. The van der Waals surface area contributed by atoms with Gasteiger partial charge in [0.15, 0.2) is 18.9 Å². The van der Waals surface area contributed by atoms with Gasteiger partial charge in [-0.15, -0.1) is 0 Å². The summed E-state index contributed by atoms with van der Waals surface area (Å²) in [6, 6.07) is 8.03. The number of benzene rings is 2. The van der Waals surface area contributed by atoms with E-state index in [2.05, 4.69) is 0 Å². The number of hydrogen-bond donors (Lipinski definition) is 1. The SMILES string of the molecule is O=Cc1c(F)cccc1OC1CCCCO1.O=Cc1c(O)cccc1F. The number of ether oxygens (including phenoxy) is 2. The normalized spacial score (nSPS) is 16.2. The number of aldehydes is 2. The highest BCUT2D eigenvalue weighted by atomic mass is 19.1. The van der Waals surface area contributed by atoms with Crippen LogP contribution in [0.4, 0.5) is 8.78 Å². The van der Waals surface area contributed by atoms with Gasteiger partial charge in [0.25, 0.3) is 0 Å². The first-order valence-corrected chi connectivity index (χ1v) is 8.01. The molecule has 0 aromatic heterocycles. The van der Waals surface area contributed by atoms with Crippen molar-refractivity contribution in [3.63, 3.8) is 0 Å². The van der Waals surface area contributed by atoms with Crippen LogP contribution in [0.25, 0.3) is 0 Å². The summed E-state index contributed by atoms with van der Waals surface area (Å²) in [6.45, 7) is 0.649. The maximum Gasteiger partial charge on any atom is 0.199 e. The highest BCUT2D eigenvalue weighted by molar-refractivity contribution is 5.80. The van der Waals surface area contributed by atoms with Gasteiger partial charge in [0, 0.05) is 6.42 Å². The lowest BCUT2D eigenvalue weighted by molar-refractivity contribution is -0.106. The van der Waals surface area contributed by atoms with Gasteiger partial charge >= 0.3 is 0 Å². The zero-order chi connectivity index (χ0) is 18.9. The van der Waals surface area contributed by atoms with Gasteiger partial charge in [0.1, 0.15) is 23.1 Å². The number of phenols is 1. The monoisotopic (exact) mass is 364 g/mol. The molecule has 2 aromatic carbocycles. The summed E-state index contributed by atoms with van der Waals surface area (Å²) in [6.07, 6.45) is 3.20. The van der Waals surface area contributed by atoms with E-state index in [0.717, 1.165) is 25.3 Å². The molecular formula is C19H18F2O5. The van der Waals surface area contributed by atoms with E-state index >= 15 is 0 Å². The minimum atomic E-state index is -0.699. The van der Waals surface area contributed by atoms with Crippen molar-refractivity contribution in [3.05, 3.63) is 59.2 Å². The zero-order valence-corrected chi connectivity index (χ0v) is 13.9. The van der Waals surface area contributed by atoms with Crippen LogP contribution in [-0.2, 0) is 4.74 Å². The highest BCUT2D eigenvalue weighted by Gasteiger charge is 2.18. The lowest BCUT2D eigenvalue weighted by Crippen LogP contribution is -2.25. The van der Waals surface area contributed by atoms with E-state index in [1.807, 2.05) is 0 Å². The van der Waals surface area contributed by atoms with Crippen LogP contribution in [-0.4, -0.2) is 30.6 Å². The molecule has 1 N–H and O–H groups in total. The van der Waals surface area contributed by atoms with Crippen LogP contribution < -0.4 is 4.74 Å². The van der Waals surface area contributed by atoms with E-state index in [-0.39, 0.29) is 35.2 Å². The van der Waals surface area contributed by atoms with E-state index in [0.29, 0.717) is 12.9 Å². The van der Waals surface area contributed by atoms with Gasteiger partial charge in [-0.2, -0.15) is 0 Å². The van der Waals surface area contributed by atoms with Crippen molar-refractivity contribution in [3.8, 4) is 11.5 Å². The van der Waals surface area contributed by atoms with Crippen molar-refractivity contribution in [1.29, 1.82) is 0 Å². The summed E-state index contributed by atoms with van der Waals surface area (Å²) in [7, 11) is 0. The predicted molar refractivity (Wildman–Crippen MR) is 89.5 cm³/mol. The number of carbonyl (C=O) groups excluding carboxylic acids is 2. The second-order valence-corrected chi connectivity index (χ2v) is 5.47. The average Bonchev–Trinajstić information content (AvgIpc) is 2.64. The van der Waals surface area contributed by atoms with E-state index in [9.17, 15) is 18.4 Å². The molecule has 5 nitrogen and oxygen atoms in total. The Labute approximate surface area is 149 Å². The molecule has 1 unspecified atom stereocenters. The third-order valence-electron chi connectivity index (χ3n) is 3.67. The molecular weight excluding hydrogens is 346 g/mol. The molecule has 7 heteroatoms. The van der Waals surface area contributed by atoms with Gasteiger partial charge < -0.3 is 14.6 Å². The number of rotatable bonds is 4. The van der Waals surface area contributed by atoms with Crippen LogP contribution >= 0.6 is 0 Å². The van der Waals surface area contributed by atoms with Crippen LogP contribution in [0.5, 0.6) is 11.5 Å². The molecule has 0 aliphatic carbocycles. The Morgan fingerprint density at radius 3 is 2.19 bits per heavy atom. The van der Waals surface area contributed by atoms with Crippen LogP contribution in [0.2, 0.25) is 0 Å². The number of hydrogen-bond acceptors (Lipinski definition) is 5. The molecule has 138 valence electrons. The van der Waals surface area contributed by atoms with Crippen molar-refractivity contribution in [2.75, 3.05) is 6.61 Å². The fraction of sp³-hybridized carbons (Fsp3) is 0.263. The Kier molecular flexibility index (Phi) is 7.23. The number of phenolic OH excluding ortho intramolecular Hbond substituents is 1. The lowest BCUT2D eigenvalue weighted by Gasteiger charge is -2.24. The number of aromatic hydroxyl groups is 1. The van der Waals surface area contributed by atoms with Crippen molar-refractivity contribution < 1.29 is 33.0 Å². The number of carbonyl (C=O) groups is 2. The van der Waals surface area contributed by atoms with Crippen molar-refractivity contribution in [2.24, 2.45) is 0 Å². The highest BCUT2D eigenvalue weighted by Crippen LogP contribution is 2.23. The molecule has 3 rings (SSSR count). The Balaban J connectivity index is 0.000000209. The smallest absolute Gasteiger partial charge is 0.199 e. The fourth-order valence-electron chi connectivity index (χ4n) is 2.32. The molecule has 2 aromatic rings. The molecule has 1 heterocycles. The quantitative estimate of drug-likeness (QED) is 0.834. The van der Waals surface area contributed by atoms with Gasteiger partial charge in [0.2, 0.25) is 0 Å². The predicted octanol–water partition coefficient (Wildman–Crippen LogP) is 3.89. The topological polar surface area (TPSA) is 72.8 Å². The second-order valence-electron chi connectivity index (χ2n) is 5.47. The standard InChI is InChI=1S/C12H13FO3.C7H5FO2/c13-10-4-3-5-11(9(10)8-14)16-12-6-1-2-7-15-12;8-6-2-1-3-7(10)5(6)4-9/h3-5,8,12H,1-2,6-7H2;1-4,10H. The van der Waals surface area contributed by atoms with Crippen molar-refractivity contribution >= 4 is 12.6 Å². The van der Waals surface area contributed by atoms with Gasteiger partial charge in [-0.25, -0.2) is 8.78 Å². The summed E-state index contributed by atoms with van der Waals surface area (Å²) in [5.41, 5.74) is -0.334. The maximum absolute atomic E-state index is 13.3. The minimum absolute atomic E-state index is 0.0447. The van der Waals surface area contributed by atoms with E-state index in [1.165, 1.54) is 24.3 Å². The molecule has 1 fully saturated rings. The van der Waals surface area contributed by atoms with E-state index < -0.39 is 11.6 Å². The van der Waals surface area contributed by atoms with Crippen LogP contribution in [0.3, 0.4) is 0 Å². The largest absolute Gasteiger partial charge is 0.507 e. The molecule has 0 radical (unpaired) electrons. The van der Waals surface area contributed by atoms with Gasteiger partial charge in [-0.3, -0.25) is 9.59 Å². The third kappa shape index (κ3) is 5.10. The maximum atomic E-state index is 13.3. The van der Waals surface area contributed by atoms with Crippen LogP contribution in [0.1, 0.15) is 40.0 Å². The Morgan fingerprint density at radius 2 is 1.65 bits per heavy atom. The zero-order valence-electron chi connectivity index (χ0n) is 13.9. The molecule has 1 saturated heterocycles. The van der Waals surface area contributed by atoms with E-state index in [4.69, 9.17) is 14.6 Å². The molecule has 0 spiro atoms. The van der Waals surface area contributed by atoms with Crippen LogP contribution in [0.15, 0.2) is 36.4 Å². The van der Waals surface area contributed by atoms with Crippen molar-refractivity contribution in [1.82, 2.24) is 0 Å². The first kappa shape index (κ1) is 19.5. The van der Waals surface area contributed by atoms with Gasteiger partial charge in [0.05, 0.1) is 17.7 Å². The molecule has 1 aliphatic heterocycles.